The van der Waals surface area contributed by atoms with Crippen molar-refractivity contribution >= 4 is 103 Å². The van der Waals surface area contributed by atoms with Gasteiger partial charge < -0.3 is 0 Å². The van der Waals surface area contributed by atoms with Crippen LogP contribution in [-0.4, -0.2) is 25.3 Å². The van der Waals surface area contributed by atoms with E-state index in [2.05, 4.69) is 222 Å². The molecule has 1 aliphatic rings. The molecule has 1 fully saturated rings. The molecule has 7 heteroatoms. The number of urea groups is 1. The van der Waals surface area contributed by atoms with E-state index in [4.69, 9.17) is 0 Å². The van der Waals surface area contributed by atoms with Gasteiger partial charge >= 0.3 is 6.03 Å². The van der Waals surface area contributed by atoms with Crippen LogP contribution in [0.25, 0.3) is 43.1 Å². The SMILES string of the molecule is C.CC(C)(C)c1ccc2cc3ccc(C(C)(C)C)cc3c(Br)c2c1.CC(C)(C)c1ccc2cc3ccc(C(C)(C)C)cc3cc2c1.CC1(C)C(=O)N(Br)C(=O)N1Br. The summed E-state index contributed by atoms with van der Waals surface area (Å²) in [6.07, 6.45) is 0. The highest BCUT2D eigenvalue weighted by molar-refractivity contribution is 9.11. The third-order valence-corrected chi connectivity index (χ3v) is 13.3. The van der Waals surface area contributed by atoms with Crippen molar-refractivity contribution < 1.29 is 9.59 Å². The number of amides is 3. The van der Waals surface area contributed by atoms with E-state index in [1.807, 2.05) is 0 Å². The van der Waals surface area contributed by atoms with E-state index >= 15 is 0 Å². The minimum atomic E-state index is -0.805. The monoisotopic (exact) mass is 958 g/mol. The van der Waals surface area contributed by atoms with Gasteiger partial charge in [0.2, 0.25) is 0 Å². The van der Waals surface area contributed by atoms with Crippen LogP contribution in [-0.2, 0) is 26.5 Å². The summed E-state index contributed by atoms with van der Waals surface area (Å²) in [7, 11) is 0. The molecular formula is C50H61Br3N2O2. The van der Waals surface area contributed by atoms with Crippen molar-refractivity contribution in [3.63, 3.8) is 0 Å². The van der Waals surface area contributed by atoms with Gasteiger partial charge in [-0.3, -0.25) is 4.79 Å². The molecule has 1 saturated heterocycles. The molecule has 304 valence electrons. The molecule has 0 aliphatic carbocycles. The van der Waals surface area contributed by atoms with Crippen molar-refractivity contribution in [2.45, 2.75) is 132 Å². The number of fused-ring (bicyclic) bond motifs is 4. The first-order valence-electron chi connectivity index (χ1n) is 19.3. The predicted octanol–water partition coefficient (Wildman–Crippen LogP) is 16.2. The van der Waals surface area contributed by atoms with E-state index in [-0.39, 0.29) is 35.0 Å². The van der Waals surface area contributed by atoms with Gasteiger partial charge in [0.1, 0.15) is 5.54 Å². The standard InChI is InChI=1S/C22H25Br.C22H26.C5H6Br2N2O2.CH4/c1-21(2,3)16-9-7-14-11-15-8-10-17(22(4,5)6)13-19(15)20(23)18(14)12-16;1-21(2,3)19-9-7-15-11-16-8-10-20(22(4,5)6)14-18(16)12-17(15)13-19;1-5(2)3(10)8(6)4(11)9(5)7;/h7-13H,1-6H3;7-14H,1-6H3;1-2H3;1H4. The quantitative estimate of drug-likeness (QED) is 0.0865. The predicted molar refractivity (Wildman–Crippen MR) is 258 cm³/mol. The summed E-state index contributed by atoms with van der Waals surface area (Å²) < 4.78 is 3.32. The highest BCUT2D eigenvalue weighted by Crippen LogP contribution is 2.38. The lowest BCUT2D eigenvalue weighted by Crippen LogP contribution is -2.37. The van der Waals surface area contributed by atoms with Crippen molar-refractivity contribution in [1.29, 1.82) is 0 Å². The Bertz CT molecular complexity index is 2330. The molecule has 0 radical (unpaired) electrons. The Labute approximate surface area is 367 Å². The maximum Gasteiger partial charge on any atom is 0.348 e. The zero-order valence-electron chi connectivity index (χ0n) is 35.5. The molecule has 4 nitrogen and oxygen atoms in total. The number of halogens is 3. The van der Waals surface area contributed by atoms with Gasteiger partial charge in [-0.15, -0.1) is 0 Å². The van der Waals surface area contributed by atoms with E-state index in [9.17, 15) is 9.59 Å². The summed E-state index contributed by atoms with van der Waals surface area (Å²) in [5, 5.41) is 10.5. The Morgan fingerprint density at radius 2 is 0.754 bits per heavy atom. The molecular weight excluding hydrogens is 900 g/mol. The minimum absolute atomic E-state index is 0. The zero-order valence-corrected chi connectivity index (χ0v) is 40.3. The van der Waals surface area contributed by atoms with Gasteiger partial charge in [0.15, 0.2) is 0 Å². The van der Waals surface area contributed by atoms with Crippen LogP contribution >= 0.6 is 48.2 Å². The third-order valence-electron chi connectivity index (χ3n) is 10.7. The Morgan fingerprint density at radius 3 is 1.04 bits per heavy atom. The summed E-state index contributed by atoms with van der Waals surface area (Å²) in [6, 6.07) is 34.0. The average molecular weight is 962 g/mol. The Balaban J connectivity index is 0.000000199. The fourth-order valence-electron chi connectivity index (χ4n) is 6.65. The molecule has 0 bridgehead atoms. The Hall–Kier alpha value is -3.26. The van der Waals surface area contributed by atoms with Crippen LogP contribution in [0.4, 0.5) is 4.79 Å². The molecule has 3 amide bonds. The van der Waals surface area contributed by atoms with E-state index < -0.39 is 11.6 Å². The maximum atomic E-state index is 11.2. The molecule has 1 heterocycles. The zero-order chi connectivity index (χ0) is 41.9. The number of hydrogen-bond donors (Lipinski definition) is 0. The van der Waals surface area contributed by atoms with Crippen LogP contribution in [0.2, 0.25) is 0 Å². The number of rotatable bonds is 0. The second-order valence-corrected chi connectivity index (χ2v) is 22.0. The van der Waals surface area contributed by atoms with E-state index in [1.165, 1.54) is 73.7 Å². The summed E-state index contributed by atoms with van der Waals surface area (Å²) in [5.74, 6) is -0.278. The largest absolute Gasteiger partial charge is 0.348 e. The van der Waals surface area contributed by atoms with Crippen LogP contribution in [0.5, 0.6) is 0 Å². The van der Waals surface area contributed by atoms with Crippen LogP contribution in [0.3, 0.4) is 0 Å². The number of carbonyl (C=O) groups excluding carboxylic acids is 2. The highest BCUT2D eigenvalue weighted by Gasteiger charge is 2.50. The molecule has 0 unspecified atom stereocenters. The van der Waals surface area contributed by atoms with Crippen LogP contribution < -0.4 is 0 Å². The summed E-state index contributed by atoms with van der Waals surface area (Å²) >= 11 is 9.73. The number of benzene rings is 6. The fraction of sp³-hybridized carbons (Fsp3) is 0.400. The van der Waals surface area contributed by atoms with Crippen molar-refractivity contribution in [2.24, 2.45) is 0 Å². The van der Waals surface area contributed by atoms with Crippen molar-refractivity contribution in [3.05, 3.63) is 118 Å². The first-order chi connectivity index (χ1) is 25.6. The number of carbonyl (C=O) groups is 2. The van der Waals surface area contributed by atoms with E-state index in [0.717, 1.165) is 3.93 Å². The van der Waals surface area contributed by atoms with Crippen LogP contribution in [0.15, 0.2) is 95.5 Å². The van der Waals surface area contributed by atoms with Gasteiger partial charge in [-0.05, 0) is 147 Å². The minimum Gasteiger partial charge on any atom is -0.271 e. The molecule has 0 spiro atoms. The number of hydrogen-bond acceptors (Lipinski definition) is 2. The van der Waals surface area contributed by atoms with Gasteiger partial charge in [0.05, 0.1) is 32.3 Å². The topological polar surface area (TPSA) is 40.6 Å². The molecule has 1 aliphatic heterocycles. The van der Waals surface area contributed by atoms with Crippen molar-refractivity contribution in [3.8, 4) is 0 Å². The number of nitrogens with zero attached hydrogens (tertiary/aromatic N) is 2. The van der Waals surface area contributed by atoms with Gasteiger partial charge in [-0.25, -0.2) is 8.72 Å². The maximum absolute atomic E-state index is 11.2. The highest BCUT2D eigenvalue weighted by atomic mass is 79.9. The lowest BCUT2D eigenvalue weighted by atomic mass is 9.84. The summed E-state index contributed by atoms with van der Waals surface area (Å²) in [5.41, 5.74) is 5.44. The lowest BCUT2D eigenvalue weighted by Gasteiger charge is -2.21. The molecule has 6 aromatic carbocycles. The van der Waals surface area contributed by atoms with Gasteiger partial charge in [0, 0.05) is 4.47 Å². The van der Waals surface area contributed by atoms with E-state index in [1.54, 1.807) is 13.8 Å². The van der Waals surface area contributed by atoms with Crippen molar-refractivity contribution in [1.82, 2.24) is 7.85 Å². The molecule has 0 aromatic heterocycles. The first kappa shape index (κ1) is 46.4. The van der Waals surface area contributed by atoms with Crippen LogP contribution in [0, 0.1) is 0 Å². The third kappa shape index (κ3) is 9.96. The van der Waals surface area contributed by atoms with Gasteiger partial charge in [-0.1, -0.05) is 151 Å². The number of imide groups is 1. The fourth-order valence-corrected chi connectivity index (χ4v) is 8.45. The first-order valence-corrected chi connectivity index (χ1v) is 21.5. The molecule has 7 rings (SSSR count). The molecule has 57 heavy (non-hydrogen) atoms. The smallest absolute Gasteiger partial charge is 0.271 e. The normalized spacial score (nSPS) is 14.8. The average Bonchev–Trinajstić information content (AvgIpc) is 3.23. The molecule has 0 N–H and O–H groups in total. The Kier molecular flexibility index (Phi) is 13.4. The van der Waals surface area contributed by atoms with Gasteiger partial charge in [-0.2, -0.15) is 3.93 Å². The van der Waals surface area contributed by atoms with E-state index in [0.29, 0.717) is 0 Å². The summed E-state index contributed by atoms with van der Waals surface area (Å²) in [6.45, 7) is 30.5. The molecule has 6 aromatic rings. The van der Waals surface area contributed by atoms with Crippen molar-refractivity contribution in [2.75, 3.05) is 0 Å². The second kappa shape index (κ2) is 16.4. The lowest BCUT2D eigenvalue weighted by molar-refractivity contribution is -0.127. The Morgan fingerprint density at radius 1 is 0.456 bits per heavy atom. The summed E-state index contributed by atoms with van der Waals surface area (Å²) in [4.78, 5) is 22.3. The molecule has 0 atom stereocenters. The van der Waals surface area contributed by atoms with Crippen LogP contribution in [0.1, 0.15) is 127 Å². The van der Waals surface area contributed by atoms with Gasteiger partial charge in [0.25, 0.3) is 5.91 Å². The molecule has 0 saturated carbocycles. The second-order valence-electron chi connectivity index (χ2n) is 19.7.